The third-order valence-electron chi connectivity index (χ3n) is 3.65. The summed E-state index contributed by atoms with van der Waals surface area (Å²) in [6.07, 6.45) is 3.93. The van der Waals surface area contributed by atoms with Crippen LogP contribution in [0, 0.1) is 5.92 Å². The van der Waals surface area contributed by atoms with Crippen molar-refractivity contribution >= 4 is 5.91 Å². The average Bonchev–Trinajstić information content (AvgIpc) is 3.27. The molecule has 1 fully saturated rings. The molecule has 19 heavy (non-hydrogen) atoms. The molecule has 1 aliphatic carbocycles. The molecular weight excluding hydrogens is 240 g/mol. The molecule has 0 bridgehead atoms. The van der Waals surface area contributed by atoms with Gasteiger partial charge < -0.3 is 4.74 Å². The van der Waals surface area contributed by atoms with Gasteiger partial charge in [-0.2, -0.15) is 0 Å². The van der Waals surface area contributed by atoms with Crippen LogP contribution in [0.1, 0.15) is 43.2 Å². The van der Waals surface area contributed by atoms with Crippen LogP contribution in [0.2, 0.25) is 0 Å². The second-order valence-corrected chi connectivity index (χ2v) is 5.26. The zero-order valence-corrected chi connectivity index (χ0v) is 11.4. The predicted molar refractivity (Wildman–Crippen MR) is 74.2 cm³/mol. The van der Waals surface area contributed by atoms with Crippen molar-refractivity contribution in [1.29, 1.82) is 0 Å². The monoisotopic (exact) mass is 262 g/mol. The fourth-order valence-corrected chi connectivity index (χ4v) is 2.03. The summed E-state index contributed by atoms with van der Waals surface area (Å²) >= 11 is 0. The molecule has 0 saturated heterocycles. The number of hydrogen-bond acceptors (Lipinski definition) is 3. The van der Waals surface area contributed by atoms with Crippen molar-refractivity contribution in [2.75, 3.05) is 6.61 Å². The molecule has 1 amide bonds. The Morgan fingerprint density at radius 1 is 1.42 bits per heavy atom. The molecule has 1 atom stereocenters. The lowest BCUT2D eigenvalue weighted by Gasteiger charge is -2.11. The molecule has 104 valence electrons. The Balaban J connectivity index is 1.78. The number of benzene rings is 1. The van der Waals surface area contributed by atoms with Crippen LogP contribution in [0.5, 0.6) is 0 Å². The fraction of sp³-hybridized carbons (Fsp3) is 0.533. The highest BCUT2D eigenvalue weighted by atomic mass is 16.5. The first kappa shape index (κ1) is 14.0. The lowest BCUT2D eigenvalue weighted by Crippen LogP contribution is -2.33. The number of carbonyl (C=O) groups is 1. The smallest absolute Gasteiger partial charge is 0.241 e. The molecule has 0 aliphatic heterocycles. The topological polar surface area (TPSA) is 64.4 Å². The van der Waals surface area contributed by atoms with Gasteiger partial charge in [0.2, 0.25) is 5.91 Å². The Kier molecular flexibility index (Phi) is 4.93. The van der Waals surface area contributed by atoms with E-state index in [0.29, 0.717) is 6.61 Å². The first-order valence-corrected chi connectivity index (χ1v) is 6.87. The van der Waals surface area contributed by atoms with Crippen molar-refractivity contribution in [1.82, 2.24) is 5.43 Å². The van der Waals surface area contributed by atoms with Gasteiger partial charge in [-0.1, -0.05) is 37.1 Å². The van der Waals surface area contributed by atoms with Crippen LogP contribution in [0.4, 0.5) is 0 Å². The van der Waals surface area contributed by atoms with E-state index in [2.05, 4.69) is 5.43 Å². The predicted octanol–water partition coefficient (Wildman–Crippen LogP) is 2.10. The molecule has 3 N–H and O–H groups in total. The molecule has 0 aromatic heterocycles. The van der Waals surface area contributed by atoms with E-state index in [4.69, 9.17) is 10.6 Å². The largest absolute Gasteiger partial charge is 0.377 e. The van der Waals surface area contributed by atoms with Crippen LogP contribution in [0.25, 0.3) is 0 Å². The van der Waals surface area contributed by atoms with E-state index in [0.717, 1.165) is 23.7 Å². The minimum absolute atomic E-state index is 0.173. The van der Waals surface area contributed by atoms with Crippen LogP contribution < -0.4 is 11.3 Å². The molecule has 0 heterocycles. The molecule has 1 aliphatic rings. The first-order valence-electron chi connectivity index (χ1n) is 6.87. The summed E-state index contributed by atoms with van der Waals surface area (Å²) in [4.78, 5) is 11.4. The lowest BCUT2D eigenvalue weighted by molar-refractivity contribution is -0.122. The molecule has 4 nitrogen and oxygen atoms in total. The van der Waals surface area contributed by atoms with Gasteiger partial charge in [0.25, 0.3) is 0 Å². The average molecular weight is 262 g/mol. The van der Waals surface area contributed by atoms with Crippen molar-refractivity contribution in [3.05, 3.63) is 35.4 Å². The van der Waals surface area contributed by atoms with E-state index in [1.54, 1.807) is 0 Å². The normalized spacial score (nSPS) is 16.1. The molecule has 1 unspecified atom stereocenters. The number of ether oxygens (including phenoxy) is 1. The van der Waals surface area contributed by atoms with Crippen molar-refractivity contribution in [2.24, 2.45) is 11.8 Å². The van der Waals surface area contributed by atoms with Crippen LogP contribution in [0.3, 0.4) is 0 Å². The maximum atomic E-state index is 11.4. The van der Waals surface area contributed by atoms with E-state index in [1.165, 1.54) is 19.3 Å². The highest BCUT2D eigenvalue weighted by Crippen LogP contribution is 2.32. The molecule has 1 aromatic carbocycles. The van der Waals surface area contributed by atoms with Crippen molar-refractivity contribution in [3.63, 3.8) is 0 Å². The van der Waals surface area contributed by atoms with Gasteiger partial charge in [-0.3, -0.25) is 10.2 Å². The maximum absolute atomic E-state index is 11.4. The Morgan fingerprint density at radius 3 is 2.68 bits per heavy atom. The SMILES string of the molecule is CC(C(=O)NN)c1ccc(COCCC2CC2)cc1. The molecule has 1 aromatic rings. The molecule has 4 heteroatoms. The van der Waals surface area contributed by atoms with Gasteiger partial charge >= 0.3 is 0 Å². The van der Waals surface area contributed by atoms with Crippen LogP contribution >= 0.6 is 0 Å². The van der Waals surface area contributed by atoms with Gasteiger partial charge in [-0.15, -0.1) is 0 Å². The number of carbonyl (C=O) groups excluding carboxylic acids is 1. The third-order valence-corrected chi connectivity index (χ3v) is 3.65. The van der Waals surface area contributed by atoms with Gasteiger partial charge in [-0.05, 0) is 30.4 Å². The van der Waals surface area contributed by atoms with Crippen LogP contribution in [-0.4, -0.2) is 12.5 Å². The number of amides is 1. The summed E-state index contributed by atoms with van der Waals surface area (Å²) in [5.41, 5.74) is 4.27. The minimum atomic E-state index is -0.227. The van der Waals surface area contributed by atoms with Crippen LogP contribution in [0.15, 0.2) is 24.3 Å². The van der Waals surface area contributed by atoms with E-state index in [1.807, 2.05) is 31.2 Å². The lowest BCUT2D eigenvalue weighted by atomic mass is 9.99. The van der Waals surface area contributed by atoms with E-state index < -0.39 is 0 Å². The molecule has 0 spiro atoms. The number of hydrazine groups is 1. The molecule has 1 saturated carbocycles. The van der Waals surface area contributed by atoms with Crippen molar-refractivity contribution in [3.8, 4) is 0 Å². The number of rotatable bonds is 7. The number of hydrogen-bond donors (Lipinski definition) is 2. The minimum Gasteiger partial charge on any atom is -0.377 e. The summed E-state index contributed by atoms with van der Waals surface area (Å²) in [5.74, 6) is 5.65. The Morgan fingerprint density at radius 2 is 2.11 bits per heavy atom. The maximum Gasteiger partial charge on any atom is 0.241 e. The zero-order valence-electron chi connectivity index (χ0n) is 11.4. The molecule has 2 rings (SSSR count). The second kappa shape index (κ2) is 6.68. The number of nitrogens with one attached hydrogen (secondary N) is 1. The van der Waals surface area contributed by atoms with Gasteiger partial charge in [0.05, 0.1) is 12.5 Å². The summed E-state index contributed by atoms with van der Waals surface area (Å²) in [6, 6.07) is 7.93. The summed E-state index contributed by atoms with van der Waals surface area (Å²) < 4.78 is 5.64. The van der Waals surface area contributed by atoms with Gasteiger partial charge in [-0.25, -0.2) is 5.84 Å². The summed E-state index contributed by atoms with van der Waals surface area (Å²) in [5, 5.41) is 0. The Hall–Kier alpha value is -1.39. The van der Waals surface area contributed by atoms with Crippen molar-refractivity contribution in [2.45, 2.75) is 38.7 Å². The van der Waals surface area contributed by atoms with Crippen LogP contribution in [-0.2, 0) is 16.1 Å². The van der Waals surface area contributed by atoms with E-state index in [-0.39, 0.29) is 11.8 Å². The van der Waals surface area contributed by atoms with Gasteiger partial charge in [0, 0.05) is 6.61 Å². The van der Waals surface area contributed by atoms with Crippen molar-refractivity contribution < 1.29 is 9.53 Å². The van der Waals surface area contributed by atoms with Gasteiger partial charge in [0.1, 0.15) is 0 Å². The summed E-state index contributed by atoms with van der Waals surface area (Å²) in [7, 11) is 0. The standard InChI is InChI=1S/C15H22N2O2/c1-11(15(18)17-16)14-6-4-13(5-7-14)10-19-9-8-12-2-3-12/h4-7,11-12H,2-3,8-10,16H2,1H3,(H,17,18). The van der Waals surface area contributed by atoms with E-state index >= 15 is 0 Å². The second-order valence-electron chi connectivity index (χ2n) is 5.26. The molecule has 0 radical (unpaired) electrons. The first-order chi connectivity index (χ1) is 9.20. The van der Waals surface area contributed by atoms with E-state index in [9.17, 15) is 4.79 Å². The zero-order chi connectivity index (χ0) is 13.7. The molecular formula is C15H22N2O2. The third kappa shape index (κ3) is 4.33. The van der Waals surface area contributed by atoms with Gasteiger partial charge in [0.15, 0.2) is 0 Å². The Labute approximate surface area is 114 Å². The Bertz CT molecular complexity index is 413. The number of nitrogens with two attached hydrogens (primary N) is 1. The fourth-order valence-electron chi connectivity index (χ4n) is 2.03. The quantitative estimate of drug-likeness (QED) is 0.342. The highest BCUT2D eigenvalue weighted by Gasteiger charge is 2.20. The summed E-state index contributed by atoms with van der Waals surface area (Å²) in [6.45, 7) is 3.33. The highest BCUT2D eigenvalue weighted by molar-refractivity contribution is 5.82.